The summed E-state index contributed by atoms with van der Waals surface area (Å²) in [6, 6.07) is 17.2. The molecule has 0 aliphatic rings. The number of hydrogen-bond acceptors (Lipinski definition) is 4. The lowest BCUT2D eigenvalue weighted by Gasteiger charge is -2.13. The zero-order chi connectivity index (χ0) is 19.8. The minimum absolute atomic E-state index is 0.174. The quantitative estimate of drug-likeness (QED) is 0.532. The molecule has 4 aromatic rings. The van der Waals surface area contributed by atoms with E-state index in [9.17, 15) is 9.90 Å². The van der Waals surface area contributed by atoms with Crippen LogP contribution < -0.4 is 14.6 Å². The monoisotopic (exact) mass is 374 g/mol. The first kappa shape index (κ1) is 17.9. The lowest BCUT2D eigenvalue weighted by atomic mass is 10.0. The van der Waals surface area contributed by atoms with Crippen LogP contribution in [0.1, 0.15) is 23.0 Å². The van der Waals surface area contributed by atoms with Gasteiger partial charge in [-0.2, -0.15) is 0 Å². The Kier molecular flexibility index (Phi) is 4.43. The fourth-order valence-electron chi connectivity index (χ4n) is 3.84. The standard InChI is InChI=1S/C23H21NO4/c1-4-28-16-11-9-15(10-12-16)24-14(2)21(23(25)26)19-13-20(27-3)17-7-5-6-8-18(17)22(19)24/h5-13H,4H2,1-3H3,(H,25,26)/p-1. The number of benzene rings is 3. The fourth-order valence-corrected chi connectivity index (χ4v) is 3.84. The van der Waals surface area contributed by atoms with Crippen LogP contribution in [0.4, 0.5) is 0 Å². The van der Waals surface area contributed by atoms with Gasteiger partial charge in [0.1, 0.15) is 11.5 Å². The highest BCUT2D eigenvalue weighted by atomic mass is 16.5. The summed E-state index contributed by atoms with van der Waals surface area (Å²) in [4.78, 5) is 12.0. The van der Waals surface area contributed by atoms with Crippen molar-refractivity contribution in [1.29, 1.82) is 0 Å². The molecule has 1 aromatic heterocycles. The number of rotatable bonds is 5. The maximum Gasteiger partial charge on any atom is 0.127 e. The highest BCUT2D eigenvalue weighted by Gasteiger charge is 2.20. The van der Waals surface area contributed by atoms with Crippen molar-refractivity contribution in [1.82, 2.24) is 4.57 Å². The molecule has 0 spiro atoms. The molecule has 28 heavy (non-hydrogen) atoms. The number of carboxylic acids is 1. The Morgan fingerprint density at radius 1 is 1.04 bits per heavy atom. The molecule has 0 aliphatic heterocycles. The molecule has 0 saturated carbocycles. The van der Waals surface area contributed by atoms with Gasteiger partial charge >= 0.3 is 0 Å². The summed E-state index contributed by atoms with van der Waals surface area (Å²) >= 11 is 0. The van der Waals surface area contributed by atoms with Gasteiger partial charge in [-0.3, -0.25) is 0 Å². The van der Waals surface area contributed by atoms with Crippen LogP contribution >= 0.6 is 0 Å². The number of fused-ring (bicyclic) bond motifs is 3. The van der Waals surface area contributed by atoms with Gasteiger partial charge in [-0.15, -0.1) is 0 Å². The molecule has 5 heteroatoms. The molecule has 4 rings (SSSR count). The first-order valence-corrected chi connectivity index (χ1v) is 9.12. The maximum atomic E-state index is 12.0. The van der Waals surface area contributed by atoms with Crippen LogP contribution in [0.15, 0.2) is 54.6 Å². The second-order valence-corrected chi connectivity index (χ2v) is 6.53. The molecule has 0 unspecified atom stereocenters. The molecule has 0 aliphatic carbocycles. The summed E-state index contributed by atoms with van der Waals surface area (Å²) in [6.07, 6.45) is 0. The molecule has 5 nitrogen and oxygen atoms in total. The van der Waals surface area contributed by atoms with Gasteiger partial charge in [-0.25, -0.2) is 0 Å². The molecule has 0 fully saturated rings. The van der Waals surface area contributed by atoms with E-state index in [1.165, 1.54) is 0 Å². The predicted octanol–water partition coefficient (Wildman–Crippen LogP) is 3.86. The van der Waals surface area contributed by atoms with Gasteiger partial charge in [0.25, 0.3) is 0 Å². The number of methoxy groups -OCH3 is 1. The van der Waals surface area contributed by atoms with Crippen molar-refractivity contribution in [3.8, 4) is 17.2 Å². The molecule has 0 N–H and O–H groups in total. The largest absolute Gasteiger partial charge is 0.545 e. The molecular formula is C23H20NO4-. The smallest absolute Gasteiger partial charge is 0.127 e. The lowest BCUT2D eigenvalue weighted by molar-refractivity contribution is -0.254. The average Bonchev–Trinajstić information content (AvgIpc) is 3.00. The van der Waals surface area contributed by atoms with Crippen molar-refractivity contribution in [3.63, 3.8) is 0 Å². The topological polar surface area (TPSA) is 63.5 Å². The first-order valence-electron chi connectivity index (χ1n) is 9.12. The lowest BCUT2D eigenvalue weighted by Crippen LogP contribution is -2.23. The highest BCUT2D eigenvalue weighted by molar-refractivity contribution is 6.16. The van der Waals surface area contributed by atoms with Gasteiger partial charge in [0.05, 0.1) is 25.2 Å². The van der Waals surface area contributed by atoms with E-state index in [1.807, 2.05) is 60.0 Å². The van der Waals surface area contributed by atoms with Crippen molar-refractivity contribution in [2.75, 3.05) is 13.7 Å². The van der Waals surface area contributed by atoms with Crippen molar-refractivity contribution in [2.45, 2.75) is 13.8 Å². The molecule has 0 atom stereocenters. The summed E-state index contributed by atoms with van der Waals surface area (Å²) in [7, 11) is 1.59. The van der Waals surface area contributed by atoms with E-state index in [4.69, 9.17) is 9.47 Å². The maximum absolute atomic E-state index is 12.0. The van der Waals surface area contributed by atoms with E-state index in [-0.39, 0.29) is 5.56 Å². The Hall–Kier alpha value is -3.47. The zero-order valence-corrected chi connectivity index (χ0v) is 16.0. The van der Waals surface area contributed by atoms with Gasteiger partial charge in [-0.1, -0.05) is 24.3 Å². The third-order valence-corrected chi connectivity index (χ3v) is 5.00. The Balaban J connectivity index is 2.12. The van der Waals surface area contributed by atoms with Crippen LogP contribution in [0.5, 0.6) is 11.5 Å². The molecule has 1 heterocycles. The predicted molar refractivity (Wildman–Crippen MR) is 108 cm³/mol. The molecule has 142 valence electrons. The van der Waals surface area contributed by atoms with Crippen molar-refractivity contribution in [3.05, 3.63) is 65.9 Å². The first-order chi connectivity index (χ1) is 13.6. The van der Waals surface area contributed by atoms with E-state index in [0.29, 0.717) is 23.4 Å². The minimum atomic E-state index is -1.20. The fraction of sp³-hybridized carbons (Fsp3) is 0.174. The average molecular weight is 374 g/mol. The Labute approximate surface area is 162 Å². The normalized spacial score (nSPS) is 11.1. The van der Waals surface area contributed by atoms with E-state index in [2.05, 4.69) is 0 Å². The molecule has 0 amide bonds. The minimum Gasteiger partial charge on any atom is -0.545 e. The van der Waals surface area contributed by atoms with E-state index >= 15 is 0 Å². The van der Waals surface area contributed by atoms with Crippen LogP contribution in [0, 0.1) is 6.92 Å². The van der Waals surface area contributed by atoms with Crippen LogP contribution in [-0.4, -0.2) is 24.3 Å². The van der Waals surface area contributed by atoms with Crippen LogP contribution in [0.2, 0.25) is 0 Å². The van der Waals surface area contributed by atoms with Gasteiger partial charge < -0.3 is 23.9 Å². The molecule has 0 radical (unpaired) electrons. The molecule has 0 bridgehead atoms. The highest BCUT2D eigenvalue weighted by Crippen LogP contribution is 2.39. The van der Waals surface area contributed by atoms with Gasteiger partial charge in [-0.05, 0) is 44.2 Å². The number of ether oxygens (including phenoxy) is 2. The second-order valence-electron chi connectivity index (χ2n) is 6.53. The number of aromatic carboxylic acids is 1. The number of carbonyl (C=O) groups is 1. The molecule has 0 saturated heterocycles. The third kappa shape index (κ3) is 2.67. The van der Waals surface area contributed by atoms with Gasteiger partial charge in [0.15, 0.2) is 0 Å². The summed E-state index contributed by atoms with van der Waals surface area (Å²) in [5.74, 6) is 0.200. The van der Waals surface area contributed by atoms with E-state index < -0.39 is 5.97 Å². The number of carboxylic acid groups (broad SMARTS) is 1. The van der Waals surface area contributed by atoms with Crippen LogP contribution in [0.25, 0.3) is 27.4 Å². The van der Waals surface area contributed by atoms with Gasteiger partial charge in [0, 0.05) is 33.1 Å². The molecular weight excluding hydrogens is 354 g/mol. The third-order valence-electron chi connectivity index (χ3n) is 5.00. The van der Waals surface area contributed by atoms with E-state index in [1.54, 1.807) is 20.1 Å². The number of carbonyl (C=O) groups excluding carboxylic acids is 1. The summed E-state index contributed by atoms with van der Waals surface area (Å²) in [5, 5.41) is 14.4. The van der Waals surface area contributed by atoms with Crippen LogP contribution in [-0.2, 0) is 0 Å². The number of nitrogens with zero attached hydrogens (tertiary/aromatic N) is 1. The van der Waals surface area contributed by atoms with Crippen molar-refractivity contribution >= 4 is 27.6 Å². The van der Waals surface area contributed by atoms with Gasteiger partial charge in [0.2, 0.25) is 0 Å². The summed E-state index contributed by atoms with van der Waals surface area (Å²) in [6.45, 7) is 4.32. The second kappa shape index (κ2) is 6.93. The summed E-state index contributed by atoms with van der Waals surface area (Å²) < 4.78 is 13.0. The van der Waals surface area contributed by atoms with Crippen molar-refractivity contribution < 1.29 is 19.4 Å². The van der Waals surface area contributed by atoms with E-state index in [0.717, 1.165) is 27.7 Å². The number of aromatic nitrogens is 1. The molecule has 3 aromatic carbocycles. The zero-order valence-electron chi connectivity index (χ0n) is 16.0. The van der Waals surface area contributed by atoms with Crippen molar-refractivity contribution in [2.24, 2.45) is 0 Å². The summed E-state index contributed by atoms with van der Waals surface area (Å²) in [5.41, 5.74) is 2.46. The Bertz CT molecular complexity index is 1190. The Morgan fingerprint density at radius 2 is 1.71 bits per heavy atom. The van der Waals surface area contributed by atoms with Crippen LogP contribution in [0.3, 0.4) is 0 Å². The number of hydrogen-bond donors (Lipinski definition) is 0. The SMILES string of the molecule is CCOc1ccc(-n2c(C)c(C(=O)[O-])c3cc(OC)c4ccccc4c32)cc1. The Morgan fingerprint density at radius 3 is 2.32 bits per heavy atom.